The average Bonchev–Trinajstić information content (AvgIpc) is 2.99. The fourth-order valence-electron chi connectivity index (χ4n) is 3.82. The highest BCUT2D eigenvalue weighted by Crippen LogP contribution is 2.26. The van der Waals surface area contributed by atoms with Gasteiger partial charge in [-0.3, -0.25) is 4.79 Å². The lowest BCUT2D eigenvalue weighted by molar-refractivity contribution is 0.0909. The first kappa shape index (κ1) is 12.9. The Balaban J connectivity index is 1.50. The standard InChI is InChI=1S/C17H21N3O/c1-12-6-16-3-2-14(10-20(16)8-12)17(21)18-15-7-13-4-5-19(9-13)11-15/h2-3,6,8,10,13,15H,4-5,7,9,11H2,1H3,(H,18,21)/t13-,15-/m1/s1. The molecule has 0 aliphatic carbocycles. The number of piperidine rings is 1. The van der Waals surface area contributed by atoms with Crippen LogP contribution in [0.2, 0.25) is 0 Å². The van der Waals surface area contributed by atoms with Gasteiger partial charge in [0.2, 0.25) is 0 Å². The molecule has 2 bridgehead atoms. The lowest BCUT2D eigenvalue weighted by atomic mass is 9.96. The predicted octanol–water partition coefficient (Wildman–Crippen LogP) is 2.07. The van der Waals surface area contributed by atoms with Gasteiger partial charge in [-0.2, -0.15) is 0 Å². The Morgan fingerprint density at radius 3 is 3.05 bits per heavy atom. The molecule has 2 fully saturated rings. The number of hydrogen-bond donors (Lipinski definition) is 1. The van der Waals surface area contributed by atoms with Crippen molar-refractivity contribution in [3.8, 4) is 0 Å². The SMILES string of the molecule is Cc1cc2ccc(C(=O)N[C@@H]3C[C@H]4CCN(C4)C3)cn2c1. The van der Waals surface area contributed by atoms with Crippen LogP contribution in [0.15, 0.2) is 30.6 Å². The molecule has 0 spiro atoms. The fourth-order valence-corrected chi connectivity index (χ4v) is 3.82. The largest absolute Gasteiger partial charge is 0.348 e. The third kappa shape index (κ3) is 2.44. The summed E-state index contributed by atoms with van der Waals surface area (Å²) in [5, 5.41) is 3.21. The molecule has 2 aliphatic heterocycles. The number of pyridine rings is 1. The van der Waals surface area contributed by atoms with Gasteiger partial charge in [-0.15, -0.1) is 0 Å². The van der Waals surface area contributed by atoms with Crippen LogP contribution in [-0.2, 0) is 0 Å². The minimum Gasteiger partial charge on any atom is -0.348 e. The van der Waals surface area contributed by atoms with Crippen LogP contribution in [0.3, 0.4) is 0 Å². The van der Waals surface area contributed by atoms with E-state index in [4.69, 9.17) is 0 Å². The zero-order chi connectivity index (χ0) is 14.4. The van der Waals surface area contributed by atoms with Crippen LogP contribution in [0.25, 0.3) is 5.52 Å². The number of rotatable bonds is 2. The second-order valence-corrected chi connectivity index (χ2v) is 6.59. The van der Waals surface area contributed by atoms with Crippen molar-refractivity contribution in [1.29, 1.82) is 0 Å². The Labute approximate surface area is 124 Å². The van der Waals surface area contributed by atoms with Gasteiger partial charge in [0.15, 0.2) is 0 Å². The summed E-state index contributed by atoms with van der Waals surface area (Å²) in [6.07, 6.45) is 6.40. The molecule has 4 rings (SSSR count). The summed E-state index contributed by atoms with van der Waals surface area (Å²) in [6, 6.07) is 6.35. The minimum absolute atomic E-state index is 0.0516. The number of nitrogens with one attached hydrogen (secondary N) is 1. The molecular weight excluding hydrogens is 262 g/mol. The maximum absolute atomic E-state index is 12.5. The molecule has 0 aromatic carbocycles. The van der Waals surface area contributed by atoms with E-state index < -0.39 is 0 Å². The van der Waals surface area contributed by atoms with Crippen molar-refractivity contribution in [3.05, 3.63) is 41.7 Å². The summed E-state index contributed by atoms with van der Waals surface area (Å²) >= 11 is 0. The molecule has 2 aromatic rings. The highest BCUT2D eigenvalue weighted by Gasteiger charge is 2.32. The van der Waals surface area contributed by atoms with E-state index in [0.29, 0.717) is 6.04 Å². The summed E-state index contributed by atoms with van der Waals surface area (Å²) in [5.74, 6) is 0.828. The molecule has 2 aromatic heterocycles. The quantitative estimate of drug-likeness (QED) is 0.916. The van der Waals surface area contributed by atoms with Crippen LogP contribution in [0.5, 0.6) is 0 Å². The van der Waals surface area contributed by atoms with Gasteiger partial charge in [0, 0.05) is 37.0 Å². The lowest BCUT2D eigenvalue weighted by Crippen LogP contribution is -2.47. The maximum Gasteiger partial charge on any atom is 0.253 e. The third-order valence-corrected chi connectivity index (χ3v) is 4.79. The monoisotopic (exact) mass is 283 g/mol. The van der Waals surface area contributed by atoms with Crippen LogP contribution >= 0.6 is 0 Å². The Kier molecular flexibility index (Phi) is 3.00. The number of hydrogen-bond acceptors (Lipinski definition) is 2. The summed E-state index contributed by atoms with van der Waals surface area (Å²) in [6.45, 7) is 5.50. The molecule has 2 aliphatic rings. The van der Waals surface area contributed by atoms with Crippen molar-refractivity contribution in [3.63, 3.8) is 0 Å². The molecule has 4 nitrogen and oxygen atoms in total. The fraction of sp³-hybridized carbons (Fsp3) is 0.471. The van der Waals surface area contributed by atoms with E-state index in [9.17, 15) is 4.79 Å². The first-order chi connectivity index (χ1) is 10.2. The van der Waals surface area contributed by atoms with Crippen molar-refractivity contribution < 1.29 is 4.79 Å². The zero-order valence-electron chi connectivity index (χ0n) is 12.4. The van der Waals surface area contributed by atoms with Crippen molar-refractivity contribution >= 4 is 11.4 Å². The second-order valence-electron chi connectivity index (χ2n) is 6.59. The molecule has 4 heteroatoms. The number of fused-ring (bicyclic) bond motifs is 3. The van der Waals surface area contributed by atoms with Gasteiger partial charge < -0.3 is 14.6 Å². The summed E-state index contributed by atoms with van der Waals surface area (Å²) in [7, 11) is 0. The van der Waals surface area contributed by atoms with Gasteiger partial charge in [-0.05, 0) is 56.0 Å². The van der Waals surface area contributed by atoms with E-state index in [1.807, 2.05) is 22.7 Å². The van der Waals surface area contributed by atoms with Crippen LogP contribution in [0, 0.1) is 12.8 Å². The topological polar surface area (TPSA) is 36.8 Å². The molecule has 0 saturated carbocycles. The first-order valence-corrected chi connectivity index (χ1v) is 7.79. The molecule has 1 N–H and O–H groups in total. The Morgan fingerprint density at radius 2 is 2.19 bits per heavy atom. The summed E-state index contributed by atoms with van der Waals surface area (Å²) < 4.78 is 2.03. The van der Waals surface area contributed by atoms with E-state index in [1.54, 1.807) is 0 Å². The van der Waals surface area contributed by atoms with Gasteiger partial charge in [0.05, 0.1) is 5.56 Å². The van der Waals surface area contributed by atoms with Crippen LogP contribution in [-0.4, -0.2) is 40.9 Å². The van der Waals surface area contributed by atoms with Crippen molar-refractivity contribution in [2.45, 2.75) is 25.8 Å². The van der Waals surface area contributed by atoms with Crippen molar-refractivity contribution in [1.82, 2.24) is 14.6 Å². The average molecular weight is 283 g/mol. The van der Waals surface area contributed by atoms with Crippen LogP contribution in [0.1, 0.15) is 28.8 Å². The number of aromatic nitrogens is 1. The van der Waals surface area contributed by atoms with E-state index in [0.717, 1.165) is 30.0 Å². The Hall–Kier alpha value is -1.81. The van der Waals surface area contributed by atoms with Gasteiger partial charge in [0.25, 0.3) is 5.91 Å². The molecule has 21 heavy (non-hydrogen) atoms. The van der Waals surface area contributed by atoms with Crippen molar-refractivity contribution in [2.75, 3.05) is 19.6 Å². The molecular formula is C17H21N3O. The molecule has 1 amide bonds. The van der Waals surface area contributed by atoms with Gasteiger partial charge in [0.1, 0.15) is 0 Å². The molecule has 4 heterocycles. The van der Waals surface area contributed by atoms with E-state index in [1.165, 1.54) is 25.1 Å². The minimum atomic E-state index is 0.0516. The number of carbonyl (C=O) groups is 1. The highest BCUT2D eigenvalue weighted by atomic mass is 16.1. The number of carbonyl (C=O) groups excluding carboxylic acids is 1. The van der Waals surface area contributed by atoms with Crippen LogP contribution in [0.4, 0.5) is 0 Å². The predicted molar refractivity (Wildman–Crippen MR) is 82.6 cm³/mol. The lowest BCUT2D eigenvalue weighted by Gasteiger charge is -2.30. The smallest absolute Gasteiger partial charge is 0.253 e. The third-order valence-electron chi connectivity index (χ3n) is 4.79. The normalized spacial score (nSPS) is 28.0. The van der Waals surface area contributed by atoms with Gasteiger partial charge in [-0.1, -0.05) is 0 Å². The zero-order valence-corrected chi connectivity index (χ0v) is 12.4. The van der Waals surface area contributed by atoms with E-state index >= 15 is 0 Å². The van der Waals surface area contributed by atoms with E-state index in [2.05, 4.69) is 29.4 Å². The Bertz CT molecular complexity index is 678. The molecule has 3 atom stereocenters. The second kappa shape index (κ2) is 4.88. The van der Waals surface area contributed by atoms with Gasteiger partial charge in [-0.25, -0.2) is 0 Å². The number of aryl methyl sites for hydroxylation is 1. The number of amides is 1. The van der Waals surface area contributed by atoms with Crippen LogP contribution < -0.4 is 5.32 Å². The maximum atomic E-state index is 12.5. The summed E-state index contributed by atoms with van der Waals surface area (Å²) in [4.78, 5) is 14.9. The molecule has 0 radical (unpaired) electrons. The molecule has 110 valence electrons. The van der Waals surface area contributed by atoms with E-state index in [-0.39, 0.29) is 5.91 Å². The molecule has 2 saturated heterocycles. The molecule has 1 unspecified atom stereocenters. The van der Waals surface area contributed by atoms with Crippen molar-refractivity contribution in [2.24, 2.45) is 5.92 Å². The number of nitrogens with zero attached hydrogens (tertiary/aromatic N) is 2. The highest BCUT2D eigenvalue weighted by molar-refractivity contribution is 5.94. The van der Waals surface area contributed by atoms with Gasteiger partial charge >= 0.3 is 0 Å². The summed E-state index contributed by atoms with van der Waals surface area (Å²) in [5.41, 5.74) is 3.08. The Morgan fingerprint density at radius 1 is 1.29 bits per heavy atom. The first-order valence-electron chi connectivity index (χ1n) is 7.79.